The number of nitrogens with zero attached hydrogens (tertiary/aromatic N) is 3. The van der Waals surface area contributed by atoms with Crippen LogP contribution in [-0.2, 0) is 21.2 Å². The molecule has 0 aliphatic carbocycles. The number of hydrogen-bond donors (Lipinski definition) is 2. The van der Waals surface area contributed by atoms with Crippen LogP contribution in [0.3, 0.4) is 0 Å². The van der Waals surface area contributed by atoms with E-state index in [1.54, 1.807) is 23.5 Å². The molecule has 0 saturated carbocycles. The van der Waals surface area contributed by atoms with E-state index in [4.69, 9.17) is 0 Å². The lowest BCUT2D eigenvalue weighted by molar-refractivity contribution is -0.134. The van der Waals surface area contributed by atoms with E-state index >= 15 is 0 Å². The van der Waals surface area contributed by atoms with Gasteiger partial charge in [-0.05, 0) is 67.5 Å². The Bertz CT molecular complexity index is 1490. The summed E-state index contributed by atoms with van der Waals surface area (Å²) in [6.45, 7) is 5.35. The zero-order chi connectivity index (χ0) is 24.6. The fourth-order valence-corrected chi connectivity index (χ4v) is 6.05. The van der Waals surface area contributed by atoms with Crippen molar-refractivity contribution in [3.8, 4) is 0 Å². The molecule has 3 heterocycles. The number of pyridine rings is 1. The number of aromatic nitrogens is 3. The molecular formula is C26H29N5O3S. The molecule has 182 valence electrons. The SMILES string of the molecule is Cc1cnc2c(S(=O)(=O)NC(Cc3ccc4[nH]cnc4c3)C(=O)N3CCC(C)CC3)cccc2c1. The first kappa shape index (κ1) is 23.4. The van der Waals surface area contributed by atoms with Gasteiger partial charge < -0.3 is 9.88 Å². The van der Waals surface area contributed by atoms with Crippen LogP contribution in [0.1, 0.15) is 30.9 Å². The monoisotopic (exact) mass is 491 g/mol. The van der Waals surface area contributed by atoms with Crippen LogP contribution >= 0.6 is 0 Å². The third kappa shape index (κ3) is 4.92. The van der Waals surface area contributed by atoms with Crippen molar-refractivity contribution in [1.82, 2.24) is 24.6 Å². The number of rotatable bonds is 6. The van der Waals surface area contributed by atoms with E-state index in [0.717, 1.165) is 40.4 Å². The first-order chi connectivity index (χ1) is 16.8. The number of piperidine rings is 1. The minimum atomic E-state index is -4.03. The largest absolute Gasteiger partial charge is 0.345 e. The number of sulfonamides is 1. The van der Waals surface area contributed by atoms with Crippen molar-refractivity contribution in [2.75, 3.05) is 13.1 Å². The molecule has 0 radical (unpaired) electrons. The summed E-state index contributed by atoms with van der Waals surface area (Å²) in [5, 5.41) is 0.741. The molecule has 2 N–H and O–H groups in total. The Balaban J connectivity index is 1.48. The van der Waals surface area contributed by atoms with Gasteiger partial charge in [0.25, 0.3) is 0 Å². The van der Waals surface area contributed by atoms with Crippen LogP contribution in [0.4, 0.5) is 0 Å². The second kappa shape index (κ2) is 9.39. The molecule has 4 aromatic rings. The number of para-hydroxylation sites is 1. The van der Waals surface area contributed by atoms with Gasteiger partial charge in [0.15, 0.2) is 0 Å². The quantitative estimate of drug-likeness (QED) is 0.429. The number of nitrogens with one attached hydrogen (secondary N) is 2. The molecule has 2 aromatic carbocycles. The van der Waals surface area contributed by atoms with Crippen LogP contribution in [0.25, 0.3) is 21.9 Å². The van der Waals surface area contributed by atoms with E-state index in [1.807, 2.05) is 37.3 Å². The molecule has 1 atom stereocenters. The van der Waals surface area contributed by atoms with E-state index in [1.165, 1.54) is 6.07 Å². The summed E-state index contributed by atoms with van der Waals surface area (Å²) >= 11 is 0. The summed E-state index contributed by atoms with van der Waals surface area (Å²) in [4.78, 5) is 27.2. The summed E-state index contributed by atoms with van der Waals surface area (Å²) in [6.07, 6.45) is 5.32. The van der Waals surface area contributed by atoms with Crippen molar-refractivity contribution >= 4 is 37.9 Å². The first-order valence-corrected chi connectivity index (χ1v) is 13.4. The number of aryl methyl sites for hydroxylation is 1. The maximum absolute atomic E-state index is 13.6. The Kier molecular flexibility index (Phi) is 6.29. The van der Waals surface area contributed by atoms with Crippen molar-refractivity contribution in [1.29, 1.82) is 0 Å². The average Bonchev–Trinajstić information content (AvgIpc) is 3.31. The van der Waals surface area contributed by atoms with E-state index in [2.05, 4.69) is 26.6 Å². The zero-order valence-electron chi connectivity index (χ0n) is 19.9. The number of likely N-dealkylation sites (tertiary alicyclic amines) is 1. The highest BCUT2D eigenvalue weighted by Gasteiger charge is 2.32. The number of aromatic amines is 1. The standard InChI is InChI=1S/C26H29N5O3S/c1-17-8-10-31(11-9-17)26(32)23(14-19-6-7-21-22(13-19)29-16-28-21)30-35(33,34)24-5-3-4-20-12-18(2)15-27-25(20)24/h3-7,12-13,15-17,23,30H,8-11,14H2,1-2H3,(H,28,29). The number of benzene rings is 2. The molecule has 8 nitrogen and oxygen atoms in total. The van der Waals surface area contributed by atoms with E-state index in [-0.39, 0.29) is 17.2 Å². The van der Waals surface area contributed by atoms with Gasteiger partial charge in [0, 0.05) is 24.7 Å². The summed E-state index contributed by atoms with van der Waals surface area (Å²) in [5.74, 6) is 0.355. The highest BCUT2D eigenvalue weighted by Crippen LogP contribution is 2.24. The van der Waals surface area contributed by atoms with Crippen LogP contribution in [0.5, 0.6) is 0 Å². The van der Waals surface area contributed by atoms with Gasteiger partial charge in [-0.25, -0.2) is 13.4 Å². The number of amides is 1. The maximum Gasteiger partial charge on any atom is 0.243 e. The Morgan fingerprint density at radius 2 is 1.97 bits per heavy atom. The number of carbonyl (C=O) groups excluding carboxylic acids is 1. The van der Waals surface area contributed by atoms with Crippen LogP contribution in [0, 0.1) is 12.8 Å². The van der Waals surface area contributed by atoms with Crippen LogP contribution < -0.4 is 4.72 Å². The molecule has 1 aliphatic rings. The molecule has 1 fully saturated rings. The van der Waals surface area contributed by atoms with Crippen molar-refractivity contribution in [3.05, 3.63) is 66.1 Å². The molecule has 35 heavy (non-hydrogen) atoms. The normalized spacial score (nSPS) is 16.1. The third-order valence-electron chi connectivity index (χ3n) is 6.72. The highest BCUT2D eigenvalue weighted by molar-refractivity contribution is 7.89. The predicted octanol–water partition coefficient (Wildman–Crippen LogP) is 3.57. The number of carbonyl (C=O) groups is 1. The second-order valence-electron chi connectivity index (χ2n) is 9.48. The molecule has 1 unspecified atom stereocenters. The highest BCUT2D eigenvalue weighted by atomic mass is 32.2. The van der Waals surface area contributed by atoms with Gasteiger partial charge in [-0.2, -0.15) is 4.72 Å². The molecule has 0 bridgehead atoms. The van der Waals surface area contributed by atoms with Crippen molar-refractivity contribution < 1.29 is 13.2 Å². The maximum atomic E-state index is 13.6. The third-order valence-corrected chi connectivity index (χ3v) is 8.22. The zero-order valence-corrected chi connectivity index (χ0v) is 20.7. The van der Waals surface area contributed by atoms with Crippen molar-refractivity contribution in [2.45, 2.75) is 44.0 Å². The molecule has 9 heteroatoms. The molecule has 1 saturated heterocycles. The molecule has 1 aliphatic heterocycles. The lowest BCUT2D eigenvalue weighted by Gasteiger charge is -2.33. The second-order valence-corrected chi connectivity index (χ2v) is 11.2. The fourth-order valence-electron chi connectivity index (χ4n) is 4.68. The number of fused-ring (bicyclic) bond motifs is 2. The number of H-pyrrole nitrogens is 1. The Hall–Kier alpha value is -3.30. The van der Waals surface area contributed by atoms with Gasteiger partial charge in [-0.15, -0.1) is 0 Å². The summed E-state index contributed by atoms with van der Waals surface area (Å²) in [7, 11) is -4.03. The molecule has 2 aromatic heterocycles. The summed E-state index contributed by atoms with van der Waals surface area (Å²) < 4.78 is 29.9. The first-order valence-electron chi connectivity index (χ1n) is 11.9. The molecule has 0 spiro atoms. The van der Waals surface area contributed by atoms with Crippen LogP contribution in [0.2, 0.25) is 0 Å². The molecular weight excluding hydrogens is 462 g/mol. The smallest absolute Gasteiger partial charge is 0.243 e. The average molecular weight is 492 g/mol. The summed E-state index contributed by atoms with van der Waals surface area (Å²) in [6, 6.07) is 11.7. The van der Waals surface area contributed by atoms with Gasteiger partial charge in [0.1, 0.15) is 10.9 Å². The van der Waals surface area contributed by atoms with Gasteiger partial charge in [0.2, 0.25) is 15.9 Å². The van der Waals surface area contributed by atoms with Crippen molar-refractivity contribution in [3.63, 3.8) is 0 Å². The van der Waals surface area contributed by atoms with Crippen LogP contribution in [-0.4, -0.2) is 53.3 Å². The van der Waals surface area contributed by atoms with Gasteiger partial charge in [0.05, 0.1) is 22.9 Å². The van der Waals surface area contributed by atoms with Crippen molar-refractivity contribution in [2.24, 2.45) is 5.92 Å². The van der Waals surface area contributed by atoms with E-state index < -0.39 is 16.1 Å². The lowest BCUT2D eigenvalue weighted by Crippen LogP contribution is -2.51. The van der Waals surface area contributed by atoms with Crippen LogP contribution in [0.15, 0.2) is 59.9 Å². The molecule has 5 rings (SSSR count). The fraction of sp³-hybridized carbons (Fsp3) is 0.346. The predicted molar refractivity (Wildman–Crippen MR) is 135 cm³/mol. The Morgan fingerprint density at radius 1 is 1.17 bits per heavy atom. The van der Waals surface area contributed by atoms with Gasteiger partial charge in [-0.1, -0.05) is 25.1 Å². The number of imidazole rings is 1. The van der Waals surface area contributed by atoms with Gasteiger partial charge >= 0.3 is 0 Å². The Labute approximate surface area is 204 Å². The minimum absolute atomic E-state index is 0.0721. The van der Waals surface area contributed by atoms with E-state index in [9.17, 15) is 13.2 Å². The summed E-state index contributed by atoms with van der Waals surface area (Å²) in [5.41, 5.74) is 3.83. The minimum Gasteiger partial charge on any atom is -0.345 e. The Morgan fingerprint density at radius 3 is 2.77 bits per heavy atom. The van der Waals surface area contributed by atoms with E-state index in [0.29, 0.717) is 24.5 Å². The topological polar surface area (TPSA) is 108 Å². The number of hydrogen-bond acceptors (Lipinski definition) is 5. The lowest BCUT2D eigenvalue weighted by atomic mass is 9.98. The van der Waals surface area contributed by atoms with Gasteiger partial charge in [-0.3, -0.25) is 9.78 Å². The molecule has 1 amide bonds.